The van der Waals surface area contributed by atoms with E-state index in [1.54, 1.807) is 6.20 Å². The van der Waals surface area contributed by atoms with Crippen molar-refractivity contribution >= 4 is 34.4 Å². The molecule has 174 valence electrons. The lowest BCUT2D eigenvalue weighted by atomic mass is 9.85. The molecule has 1 amide bonds. The van der Waals surface area contributed by atoms with Crippen molar-refractivity contribution in [1.82, 2.24) is 25.6 Å². The molecule has 3 unspecified atom stereocenters. The fraction of sp³-hybridized carbons (Fsp3) is 0.480. The van der Waals surface area contributed by atoms with Gasteiger partial charge in [0.25, 0.3) is 0 Å². The van der Waals surface area contributed by atoms with Gasteiger partial charge in [-0.25, -0.2) is 9.97 Å². The van der Waals surface area contributed by atoms with Crippen LogP contribution in [0.25, 0.3) is 22.2 Å². The van der Waals surface area contributed by atoms with E-state index in [9.17, 15) is 4.79 Å². The molecule has 0 aromatic carbocycles. The Bertz CT molecular complexity index is 1110. The van der Waals surface area contributed by atoms with Gasteiger partial charge in [-0.3, -0.25) is 4.79 Å². The van der Waals surface area contributed by atoms with Crippen LogP contribution in [0.2, 0.25) is 5.15 Å². The lowest BCUT2D eigenvalue weighted by molar-refractivity contribution is -0.125. The zero-order valence-electron chi connectivity index (χ0n) is 18.7. The Morgan fingerprint density at radius 3 is 3.03 bits per heavy atom. The van der Waals surface area contributed by atoms with Gasteiger partial charge in [0, 0.05) is 42.5 Å². The van der Waals surface area contributed by atoms with Gasteiger partial charge in [0.15, 0.2) is 0 Å². The Labute approximate surface area is 199 Å². The van der Waals surface area contributed by atoms with E-state index in [2.05, 4.69) is 43.0 Å². The van der Waals surface area contributed by atoms with E-state index in [1.165, 1.54) is 0 Å². The highest BCUT2D eigenvalue weighted by molar-refractivity contribution is 6.29. The van der Waals surface area contributed by atoms with Crippen LogP contribution in [0.4, 0.5) is 5.82 Å². The number of rotatable bonds is 6. The van der Waals surface area contributed by atoms with Crippen LogP contribution in [0.3, 0.4) is 0 Å². The van der Waals surface area contributed by atoms with Crippen LogP contribution >= 0.6 is 11.6 Å². The normalized spacial score (nSPS) is 23.4. The fourth-order valence-electron chi connectivity index (χ4n) is 5.20. The molecule has 3 aromatic rings. The number of piperidine rings is 1. The van der Waals surface area contributed by atoms with Gasteiger partial charge in [0.2, 0.25) is 5.91 Å². The highest BCUT2D eigenvalue weighted by Gasteiger charge is 2.25. The van der Waals surface area contributed by atoms with Crippen LogP contribution < -0.4 is 16.0 Å². The molecule has 1 saturated heterocycles. The first kappa shape index (κ1) is 22.2. The number of H-pyrrole nitrogens is 1. The number of pyridine rings is 2. The van der Waals surface area contributed by atoms with Gasteiger partial charge in [-0.05, 0) is 74.4 Å². The zero-order valence-corrected chi connectivity index (χ0v) is 19.5. The Morgan fingerprint density at radius 2 is 2.15 bits per heavy atom. The summed E-state index contributed by atoms with van der Waals surface area (Å²) in [6, 6.07) is 8.26. The molecule has 33 heavy (non-hydrogen) atoms. The first-order valence-electron chi connectivity index (χ1n) is 12.0. The first-order valence-corrected chi connectivity index (χ1v) is 12.4. The first-order chi connectivity index (χ1) is 16.2. The number of aromatic amines is 1. The number of hydrogen-bond acceptors (Lipinski definition) is 5. The second-order valence-corrected chi connectivity index (χ2v) is 9.72. The summed E-state index contributed by atoms with van der Waals surface area (Å²) in [6.45, 7) is 2.58. The van der Waals surface area contributed by atoms with Crippen LogP contribution in [-0.2, 0) is 4.79 Å². The Kier molecular flexibility index (Phi) is 6.78. The molecule has 1 aliphatic heterocycles. The lowest BCUT2D eigenvalue weighted by Gasteiger charge is -2.31. The van der Waals surface area contributed by atoms with Gasteiger partial charge in [-0.2, -0.15) is 0 Å². The van der Waals surface area contributed by atoms with Gasteiger partial charge in [0.05, 0.1) is 5.92 Å². The molecule has 2 aliphatic rings. The molecule has 2 fully saturated rings. The molecule has 1 aliphatic carbocycles. The van der Waals surface area contributed by atoms with Gasteiger partial charge in [-0.15, -0.1) is 0 Å². The molecule has 1 saturated carbocycles. The minimum atomic E-state index is 0.116. The maximum absolute atomic E-state index is 12.5. The van der Waals surface area contributed by atoms with Crippen LogP contribution in [0, 0.1) is 11.8 Å². The highest BCUT2D eigenvalue weighted by atomic mass is 35.5. The van der Waals surface area contributed by atoms with E-state index in [-0.39, 0.29) is 11.8 Å². The predicted octanol–water partition coefficient (Wildman–Crippen LogP) is 4.36. The average Bonchev–Trinajstić information content (AvgIpc) is 3.27. The van der Waals surface area contributed by atoms with E-state index in [4.69, 9.17) is 11.6 Å². The van der Waals surface area contributed by atoms with Crippen molar-refractivity contribution < 1.29 is 4.79 Å². The number of aromatic nitrogens is 3. The predicted molar refractivity (Wildman–Crippen MR) is 132 cm³/mol. The molecule has 5 rings (SSSR count). The van der Waals surface area contributed by atoms with Crippen molar-refractivity contribution in [3.63, 3.8) is 0 Å². The Hall–Kier alpha value is -2.64. The summed E-state index contributed by atoms with van der Waals surface area (Å²) in [4.78, 5) is 24.6. The minimum absolute atomic E-state index is 0.116. The van der Waals surface area contributed by atoms with Crippen LogP contribution in [0.1, 0.15) is 38.5 Å². The number of nitrogens with zero attached hydrogens (tertiary/aromatic N) is 2. The number of amides is 1. The maximum Gasteiger partial charge on any atom is 0.224 e. The summed E-state index contributed by atoms with van der Waals surface area (Å²) >= 11 is 6.39. The van der Waals surface area contributed by atoms with E-state index in [0.717, 1.165) is 86.1 Å². The second-order valence-electron chi connectivity index (χ2n) is 9.33. The van der Waals surface area contributed by atoms with Gasteiger partial charge >= 0.3 is 0 Å². The summed E-state index contributed by atoms with van der Waals surface area (Å²) < 4.78 is 0. The third-order valence-corrected chi connectivity index (χ3v) is 7.12. The van der Waals surface area contributed by atoms with Crippen LogP contribution in [-0.4, -0.2) is 46.5 Å². The van der Waals surface area contributed by atoms with Crippen molar-refractivity contribution in [3.05, 3.63) is 41.8 Å². The number of carbonyl (C=O) groups excluding carboxylic acids is 1. The van der Waals surface area contributed by atoms with Crippen molar-refractivity contribution in [2.75, 3.05) is 25.0 Å². The minimum Gasteiger partial charge on any atom is -0.367 e. The van der Waals surface area contributed by atoms with E-state index >= 15 is 0 Å². The summed E-state index contributed by atoms with van der Waals surface area (Å²) in [7, 11) is 0. The quantitative estimate of drug-likeness (QED) is 0.405. The monoisotopic (exact) mass is 466 g/mol. The smallest absolute Gasteiger partial charge is 0.224 e. The largest absolute Gasteiger partial charge is 0.367 e. The topological polar surface area (TPSA) is 94.7 Å². The van der Waals surface area contributed by atoms with Crippen LogP contribution in [0.5, 0.6) is 0 Å². The number of hydrogen-bond donors (Lipinski definition) is 4. The van der Waals surface area contributed by atoms with E-state index in [1.807, 2.05) is 18.3 Å². The third kappa shape index (κ3) is 5.31. The molecular formula is C25H31ClN6O. The maximum atomic E-state index is 12.5. The summed E-state index contributed by atoms with van der Waals surface area (Å²) in [5.41, 5.74) is 2.93. The SMILES string of the molecule is O=C(NCC1CCCC(Nc2cc(-c3c[nH]c4ncccc34)cc(Cl)n2)C1)C1CCCNC1. The van der Waals surface area contributed by atoms with Gasteiger partial charge in [-0.1, -0.05) is 18.0 Å². The highest BCUT2D eigenvalue weighted by Crippen LogP contribution is 2.32. The summed E-state index contributed by atoms with van der Waals surface area (Å²) in [5, 5.41) is 11.7. The molecule has 3 atom stereocenters. The molecule has 0 spiro atoms. The van der Waals surface area contributed by atoms with Gasteiger partial charge in [0.1, 0.15) is 16.6 Å². The molecule has 8 heteroatoms. The number of nitrogens with one attached hydrogen (secondary N) is 4. The Balaban J connectivity index is 1.22. The van der Waals surface area contributed by atoms with Crippen molar-refractivity contribution in [3.8, 4) is 11.1 Å². The third-order valence-electron chi connectivity index (χ3n) is 6.92. The summed E-state index contributed by atoms with van der Waals surface area (Å²) in [5.74, 6) is 1.59. The molecule has 4 N–H and O–H groups in total. The number of fused-ring (bicyclic) bond motifs is 1. The molecule has 7 nitrogen and oxygen atoms in total. The number of carbonyl (C=O) groups is 1. The molecule has 0 radical (unpaired) electrons. The van der Waals surface area contributed by atoms with E-state index in [0.29, 0.717) is 17.1 Å². The van der Waals surface area contributed by atoms with Crippen molar-refractivity contribution in [2.24, 2.45) is 11.8 Å². The number of anilines is 1. The average molecular weight is 467 g/mol. The standard InChI is InChI=1S/C25H31ClN6O/c26-22-11-18(21-15-29-24-20(21)7-3-9-28-24)12-23(32-22)31-19-6-1-4-16(10-19)13-30-25(33)17-5-2-8-27-14-17/h3,7,9,11-12,15-17,19,27H,1-2,4-6,8,10,13-14H2,(H,28,29)(H,30,33)(H,31,32). The molecule has 4 heterocycles. The zero-order chi connectivity index (χ0) is 22.6. The second kappa shape index (κ2) is 10.1. The lowest BCUT2D eigenvalue weighted by Crippen LogP contribution is -2.43. The van der Waals surface area contributed by atoms with Crippen molar-refractivity contribution in [2.45, 2.75) is 44.6 Å². The molecule has 0 bridgehead atoms. The molecule has 3 aromatic heterocycles. The molecular weight excluding hydrogens is 436 g/mol. The van der Waals surface area contributed by atoms with E-state index < -0.39 is 0 Å². The van der Waals surface area contributed by atoms with Gasteiger partial charge < -0.3 is 20.9 Å². The Morgan fingerprint density at radius 1 is 1.21 bits per heavy atom. The fourth-order valence-corrected chi connectivity index (χ4v) is 5.41. The summed E-state index contributed by atoms with van der Waals surface area (Å²) in [6.07, 6.45) is 10.2. The number of halogens is 1. The van der Waals surface area contributed by atoms with Crippen molar-refractivity contribution in [1.29, 1.82) is 0 Å². The van der Waals surface area contributed by atoms with Crippen LogP contribution in [0.15, 0.2) is 36.7 Å².